The number of benzene rings is 1. The molecular weight excluding hydrogens is 254 g/mol. The maximum absolute atomic E-state index is 12.5. The van der Waals surface area contributed by atoms with Crippen LogP contribution in [-0.2, 0) is 16.0 Å². The van der Waals surface area contributed by atoms with E-state index >= 15 is 0 Å². The number of ether oxygens (including phenoxy) is 1. The number of nitrogens with zero attached hydrogens (tertiary/aromatic N) is 1. The van der Waals surface area contributed by atoms with E-state index in [9.17, 15) is 9.90 Å². The fourth-order valence-electron chi connectivity index (χ4n) is 2.90. The molecule has 1 aliphatic heterocycles. The van der Waals surface area contributed by atoms with E-state index in [0.717, 1.165) is 0 Å². The van der Waals surface area contributed by atoms with Crippen LogP contribution in [0.3, 0.4) is 0 Å². The molecule has 2 rings (SSSR count). The van der Waals surface area contributed by atoms with Gasteiger partial charge in [0.05, 0.1) is 17.6 Å². The Balaban J connectivity index is 2.11. The van der Waals surface area contributed by atoms with Gasteiger partial charge in [0.2, 0.25) is 5.91 Å². The smallest absolute Gasteiger partial charge is 0.227 e. The predicted molar refractivity (Wildman–Crippen MR) is 77.6 cm³/mol. The largest absolute Gasteiger partial charge is 0.508 e. The first-order chi connectivity index (χ1) is 9.19. The molecule has 0 unspecified atom stereocenters. The first-order valence-electron chi connectivity index (χ1n) is 6.93. The summed E-state index contributed by atoms with van der Waals surface area (Å²) in [6.07, 6.45) is 0.221. The van der Waals surface area contributed by atoms with Crippen molar-refractivity contribution in [3.63, 3.8) is 0 Å². The van der Waals surface area contributed by atoms with Gasteiger partial charge in [0.1, 0.15) is 5.75 Å². The van der Waals surface area contributed by atoms with Gasteiger partial charge in [0.15, 0.2) is 0 Å². The molecular formula is C16H23NO3. The summed E-state index contributed by atoms with van der Waals surface area (Å²) in [4.78, 5) is 14.3. The van der Waals surface area contributed by atoms with E-state index in [1.807, 2.05) is 38.7 Å². The van der Waals surface area contributed by atoms with Crippen molar-refractivity contribution in [2.45, 2.75) is 45.3 Å². The molecule has 1 aliphatic rings. The highest BCUT2D eigenvalue weighted by Crippen LogP contribution is 2.28. The van der Waals surface area contributed by atoms with Crippen LogP contribution in [0.1, 0.15) is 33.3 Å². The topological polar surface area (TPSA) is 49.8 Å². The number of phenolic OH excluding ortho intramolecular Hbond substituents is 1. The molecule has 4 heteroatoms. The van der Waals surface area contributed by atoms with Crippen LogP contribution in [0, 0.1) is 0 Å². The molecule has 110 valence electrons. The first kappa shape index (κ1) is 14.9. The summed E-state index contributed by atoms with van der Waals surface area (Å²) < 4.78 is 5.97. The summed E-state index contributed by atoms with van der Waals surface area (Å²) in [6, 6.07) is 6.97. The fourth-order valence-corrected chi connectivity index (χ4v) is 2.90. The van der Waals surface area contributed by atoms with Gasteiger partial charge in [-0.1, -0.05) is 18.2 Å². The second-order valence-electron chi connectivity index (χ2n) is 6.68. The molecule has 0 bridgehead atoms. The van der Waals surface area contributed by atoms with E-state index in [2.05, 4.69) is 0 Å². The van der Waals surface area contributed by atoms with E-state index < -0.39 is 0 Å². The second kappa shape index (κ2) is 5.09. The van der Waals surface area contributed by atoms with Gasteiger partial charge in [-0.15, -0.1) is 0 Å². The molecule has 1 amide bonds. The zero-order valence-corrected chi connectivity index (χ0v) is 12.6. The zero-order chi connectivity index (χ0) is 15.0. The molecule has 0 aromatic heterocycles. The van der Waals surface area contributed by atoms with E-state index in [1.54, 1.807) is 18.2 Å². The highest BCUT2D eigenvalue weighted by Gasteiger charge is 2.39. The Bertz CT molecular complexity index is 492. The maximum Gasteiger partial charge on any atom is 0.227 e. The molecule has 0 aliphatic carbocycles. The van der Waals surface area contributed by atoms with Crippen LogP contribution in [0.5, 0.6) is 5.75 Å². The number of hydrogen-bond donors (Lipinski definition) is 1. The van der Waals surface area contributed by atoms with Crippen LogP contribution in [0.15, 0.2) is 24.3 Å². The predicted octanol–water partition coefficient (Wildman–Crippen LogP) is 2.35. The molecule has 4 nitrogen and oxygen atoms in total. The molecule has 1 heterocycles. The average Bonchev–Trinajstić information content (AvgIpc) is 2.28. The number of rotatable bonds is 2. The van der Waals surface area contributed by atoms with Gasteiger partial charge in [0.25, 0.3) is 0 Å². The number of aromatic hydroxyl groups is 1. The summed E-state index contributed by atoms with van der Waals surface area (Å²) in [5, 5.41) is 9.77. The van der Waals surface area contributed by atoms with Crippen LogP contribution >= 0.6 is 0 Å². The van der Waals surface area contributed by atoms with E-state index in [-0.39, 0.29) is 29.3 Å². The lowest BCUT2D eigenvalue weighted by Gasteiger charge is -2.47. The summed E-state index contributed by atoms with van der Waals surface area (Å²) in [5.41, 5.74) is -0.0358. The van der Waals surface area contributed by atoms with E-state index in [1.165, 1.54) is 0 Å². The van der Waals surface area contributed by atoms with Crippen molar-refractivity contribution < 1.29 is 14.6 Å². The lowest BCUT2D eigenvalue weighted by atomic mass is 9.98. The third kappa shape index (κ3) is 3.51. The van der Waals surface area contributed by atoms with Crippen molar-refractivity contribution in [1.82, 2.24) is 4.90 Å². The molecule has 20 heavy (non-hydrogen) atoms. The number of hydrogen-bond acceptors (Lipinski definition) is 3. The third-order valence-electron chi connectivity index (χ3n) is 3.38. The molecule has 0 radical (unpaired) electrons. The summed E-state index contributed by atoms with van der Waals surface area (Å²) in [7, 11) is 0. The van der Waals surface area contributed by atoms with Crippen LogP contribution in [-0.4, -0.2) is 40.2 Å². The Morgan fingerprint density at radius 2 is 1.75 bits per heavy atom. The molecule has 1 aromatic carbocycles. The molecule has 0 atom stereocenters. The minimum atomic E-state index is -0.351. The van der Waals surface area contributed by atoms with Gasteiger partial charge in [-0.3, -0.25) is 4.79 Å². The van der Waals surface area contributed by atoms with Crippen molar-refractivity contribution >= 4 is 5.91 Å². The van der Waals surface area contributed by atoms with Gasteiger partial charge < -0.3 is 14.7 Å². The quantitative estimate of drug-likeness (QED) is 0.902. The first-order valence-corrected chi connectivity index (χ1v) is 6.93. The Hall–Kier alpha value is -1.55. The lowest BCUT2D eigenvalue weighted by molar-refractivity contribution is -0.187. The van der Waals surface area contributed by atoms with Crippen molar-refractivity contribution in [3.05, 3.63) is 29.8 Å². The van der Waals surface area contributed by atoms with Gasteiger partial charge in [-0.2, -0.15) is 0 Å². The third-order valence-corrected chi connectivity index (χ3v) is 3.38. The number of carbonyl (C=O) groups is 1. The molecule has 0 saturated carbocycles. The molecule has 1 N–H and O–H groups in total. The molecule has 1 fully saturated rings. The Morgan fingerprint density at radius 1 is 1.20 bits per heavy atom. The van der Waals surface area contributed by atoms with Gasteiger partial charge in [-0.05, 0) is 33.8 Å². The fraction of sp³-hybridized carbons (Fsp3) is 0.562. The van der Waals surface area contributed by atoms with Crippen molar-refractivity contribution in [2.24, 2.45) is 0 Å². The zero-order valence-electron chi connectivity index (χ0n) is 12.6. The highest BCUT2D eigenvalue weighted by atomic mass is 16.5. The van der Waals surface area contributed by atoms with Crippen LogP contribution < -0.4 is 0 Å². The van der Waals surface area contributed by atoms with Crippen molar-refractivity contribution in [2.75, 3.05) is 13.1 Å². The second-order valence-corrected chi connectivity index (χ2v) is 6.68. The van der Waals surface area contributed by atoms with Gasteiger partial charge in [0, 0.05) is 18.7 Å². The Kier molecular flexibility index (Phi) is 3.78. The van der Waals surface area contributed by atoms with Crippen molar-refractivity contribution in [1.29, 1.82) is 0 Å². The van der Waals surface area contributed by atoms with Crippen LogP contribution in [0.25, 0.3) is 0 Å². The lowest BCUT2D eigenvalue weighted by Crippen LogP contribution is -2.58. The summed E-state index contributed by atoms with van der Waals surface area (Å²) in [6.45, 7) is 9.12. The monoisotopic (exact) mass is 277 g/mol. The van der Waals surface area contributed by atoms with Crippen LogP contribution in [0.2, 0.25) is 0 Å². The van der Waals surface area contributed by atoms with Crippen LogP contribution in [0.4, 0.5) is 0 Å². The van der Waals surface area contributed by atoms with E-state index in [4.69, 9.17) is 4.74 Å². The van der Waals surface area contributed by atoms with Gasteiger partial charge >= 0.3 is 0 Å². The minimum absolute atomic E-state index is 0.0240. The minimum Gasteiger partial charge on any atom is -0.508 e. The number of para-hydroxylation sites is 1. The normalized spacial score (nSPS) is 20.7. The molecule has 1 saturated heterocycles. The standard InChI is InChI=1S/C16H23NO3/c1-15(2)10-17(11-16(3,4)20-15)14(19)9-12-7-5-6-8-13(12)18/h5-8,18H,9-11H2,1-4H3. The number of morpholine rings is 1. The van der Waals surface area contributed by atoms with Gasteiger partial charge in [-0.25, -0.2) is 0 Å². The number of phenols is 1. The van der Waals surface area contributed by atoms with Crippen molar-refractivity contribution in [3.8, 4) is 5.75 Å². The average molecular weight is 277 g/mol. The summed E-state index contributed by atoms with van der Waals surface area (Å²) >= 11 is 0. The van der Waals surface area contributed by atoms with E-state index in [0.29, 0.717) is 18.7 Å². The maximum atomic E-state index is 12.5. The molecule has 0 spiro atoms. The number of carbonyl (C=O) groups excluding carboxylic acids is 1. The highest BCUT2D eigenvalue weighted by molar-refractivity contribution is 5.79. The Morgan fingerprint density at radius 3 is 2.30 bits per heavy atom. The summed E-state index contributed by atoms with van der Waals surface area (Å²) in [5.74, 6) is 0.198. The molecule has 1 aromatic rings. The number of amides is 1. The SMILES string of the molecule is CC1(C)CN(C(=O)Cc2ccccc2O)CC(C)(C)O1. The Labute approximate surface area is 120 Å².